The van der Waals surface area contributed by atoms with Crippen molar-refractivity contribution in [1.82, 2.24) is 0 Å². The van der Waals surface area contributed by atoms with E-state index in [1.807, 2.05) is 25.1 Å². The number of aryl methyl sites for hydroxylation is 1. The molecule has 0 N–H and O–H groups in total. The fraction of sp³-hybridized carbons (Fsp3) is 0.526. The van der Waals surface area contributed by atoms with Crippen molar-refractivity contribution in [2.75, 3.05) is 6.54 Å². The van der Waals surface area contributed by atoms with Crippen molar-refractivity contribution >= 4 is 18.1 Å². The second-order valence-electron chi connectivity index (χ2n) is 6.52. The number of rotatable bonds is 8. The van der Waals surface area contributed by atoms with Gasteiger partial charge in [-0.2, -0.15) is 4.48 Å². The third-order valence-electron chi connectivity index (χ3n) is 4.97. The first-order valence-corrected chi connectivity index (χ1v) is 8.51. The fourth-order valence-corrected chi connectivity index (χ4v) is 3.40. The van der Waals surface area contributed by atoms with Crippen LogP contribution in [0.2, 0.25) is 0 Å². The van der Waals surface area contributed by atoms with Gasteiger partial charge in [0.2, 0.25) is 0 Å². The van der Waals surface area contributed by atoms with Gasteiger partial charge in [-0.1, -0.05) is 30.3 Å². The summed E-state index contributed by atoms with van der Waals surface area (Å²) in [4.78, 5) is 35.8. The number of carbonyl (C=O) groups is 3. The summed E-state index contributed by atoms with van der Waals surface area (Å²) in [7, 11) is 0. The summed E-state index contributed by atoms with van der Waals surface area (Å²) in [5, 5.41) is 0. The van der Waals surface area contributed by atoms with Crippen LogP contribution in [0.25, 0.3) is 0 Å². The minimum atomic E-state index is -0.0959. The molecule has 0 spiro atoms. The van der Waals surface area contributed by atoms with Crippen molar-refractivity contribution < 1.29 is 18.9 Å². The SMILES string of the molecule is C[C@@H]1CCC[N+]1(C=O)C(=O)CCC(=O)CCCc1ccccc1. The summed E-state index contributed by atoms with van der Waals surface area (Å²) in [5.41, 5.74) is 1.23. The largest absolute Gasteiger partial charge is 0.321 e. The van der Waals surface area contributed by atoms with Crippen LogP contribution in [-0.2, 0) is 20.8 Å². The highest BCUT2D eigenvalue weighted by Crippen LogP contribution is 2.26. The molecule has 1 saturated heterocycles. The molecule has 0 aliphatic carbocycles. The quantitative estimate of drug-likeness (QED) is 0.547. The van der Waals surface area contributed by atoms with E-state index in [1.165, 1.54) is 5.56 Å². The van der Waals surface area contributed by atoms with Crippen molar-refractivity contribution in [3.63, 3.8) is 0 Å². The van der Waals surface area contributed by atoms with Crippen molar-refractivity contribution in [1.29, 1.82) is 0 Å². The van der Waals surface area contributed by atoms with Crippen LogP contribution in [0.5, 0.6) is 0 Å². The second kappa shape index (κ2) is 8.16. The molecule has 0 aromatic heterocycles. The maximum absolute atomic E-state index is 12.4. The minimum Gasteiger partial charge on any atom is -0.300 e. The van der Waals surface area contributed by atoms with Gasteiger partial charge in [0, 0.05) is 25.7 Å². The second-order valence-corrected chi connectivity index (χ2v) is 6.52. The lowest BCUT2D eigenvalue weighted by Gasteiger charge is -2.28. The molecule has 23 heavy (non-hydrogen) atoms. The Morgan fingerprint density at radius 1 is 1.17 bits per heavy atom. The van der Waals surface area contributed by atoms with Crippen LogP contribution in [0, 0.1) is 0 Å². The van der Waals surface area contributed by atoms with Crippen LogP contribution in [0.3, 0.4) is 0 Å². The topological polar surface area (TPSA) is 51.2 Å². The first-order valence-electron chi connectivity index (χ1n) is 8.51. The molecule has 1 aliphatic rings. The van der Waals surface area contributed by atoms with Crippen LogP contribution >= 0.6 is 0 Å². The molecule has 0 radical (unpaired) electrons. The summed E-state index contributed by atoms with van der Waals surface area (Å²) in [6.07, 6.45) is 5.21. The maximum atomic E-state index is 12.4. The molecule has 4 nitrogen and oxygen atoms in total. The molecule has 0 bridgehead atoms. The number of nitrogens with zero attached hydrogens (tertiary/aromatic N) is 1. The van der Waals surface area contributed by atoms with Crippen molar-refractivity contribution in [2.24, 2.45) is 0 Å². The first-order chi connectivity index (χ1) is 11.1. The van der Waals surface area contributed by atoms with Crippen LogP contribution in [0.4, 0.5) is 0 Å². The van der Waals surface area contributed by atoms with E-state index in [0.29, 0.717) is 13.0 Å². The highest BCUT2D eigenvalue weighted by atomic mass is 16.2. The molecule has 1 heterocycles. The molecular formula is C19H26NO3+. The zero-order valence-electron chi connectivity index (χ0n) is 13.9. The molecular weight excluding hydrogens is 290 g/mol. The Bertz CT molecular complexity index is 555. The smallest absolute Gasteiger partial charge is 0.300 e. The predicted octanol–water partition coefficient (Wildman–Crippen LogP) is 3.04. The monoisotopic (exact) mass is 316 g/mol. The Balaban J connectivity index is 1.73. The zero-order chi connectivity index (χ0) is 16.7. The Morgan fingerprint density at radius 3 is 2.52 bits per heavy atom. The van der Waals surface area contributed by atoms with Gasteiger partial charge < -0.3 is 0 Å². The van der Waals surface area contributed by atoms with Gasteiger partial charge in [0.05, 0.1) is 13.0 Å². The summed E-state index contributed by atoms with van der Waals surface area (Å²) >= 11 is 0. The van der Waals surface area contributed by atoms with Crippen molar-refractivity contribution in [2.45, 2.75) is 57.9 Å². The molecule has 1 unspecified atom stereocenters. The van der Waals surface area contributed by atoms with E-state index < -0.39 is 0 Å². The first kappa shape index (κ1) is 17.5. The van der Waals surface area contributed by atoms with Gasteiger partial charge in [-0.05, 0) is 25.3 Å². The van der Waals surface area contributed by atoms with Crippen LogP contribution < -0.4 is 0 Å². The molecule has 1 aromatic rings. The van der Waals surface area contributed by atoms with E-state index in [-0.39, 0.29) is 35.1 Å². The number of carbonyl (C=O) groups excluding carboxylic acids is 3. The molecule has 4 heteroatoms. The number of imide groups is 1. The van der Waals surface area contributed by atoms with Gasteiger partial charge in [0.25, 0.3) is 0 Å². The number of Topliss-reactive ketones (excluding diaryl/α,β-unsaturated/α-hetero) is 1. The molecule has 0 saturated carbocycles. The van der Waals surface area contributed by atoms with Crippen molar-refractivity contribution in [3.8, 4) is 0 Å². The molecule has 1 aliphatic heterocycles. The standard InChI is InChI=1S/C19H26NO3/c1-16-7-6-14-20(16,15-21)19(23)13-12-18(22)11-5-10-17-8-3-2-4-9-17/h2-4,8-9,15-16H,5-7,10-14H2,1H3/q+1/t16-,20?/m1/s1. The van der Waals surface area contributed by atoms with Gasteiger partial charge >= 0.3 is 12.3 Å². The minimum absolute atomic E-state index is 0.0492. The van der Waals surface area contributed by atoms with Crippen LogP contribution in [-0.4, -0.2) is 35.2 Å². The Morgan fingerprint density at radius 2 is 1.91 bits per heavy atom. The number of ketones is 1. The number of hydrogen-bond acceptors (Lipinski definition) is 3. The summed E-state index contributed by atoms with van der Waals surface area (Å²) < 4.78 is -0.0860. The Hall–Kier alpha value is -1.81. The van der Waals surface area contributed by atoms with Crippen LogP contribution in [0.1, 0.15) is 51.0 Å². The summed E-state index contributed by atoms with van der Waals surface area (Å²) in [6, 6.07) is 10.1. The van der Waals surface area contributed by atoms with Gasteiger partial charge in [-0.25, -0.2) is 9.59 Å². The lowest BCUT2D eigenvalue weighted by molar-refractivity contribution is -0.780. The van der Waals surface area contributed by atoms with E-state index in [4.69, 9.17) is 0 Å². The van der Waals surface area contributed by atoms with E-state index in [9.17, 15) is 14.4 Å². The van der Waals surface area contributed by atoms with Crippen LogP contribution in [0.15, 0.2) is 30.3 Å². The van der Waals surface area contributed by atoms with Crippen molar-refractivity contribution in [3.05, 3.63) is 35.9 Å². The van der Waals surface area contributed by atoms with E-state index in [1.54, 1.807) is 0 Å². The average Bonchev–Trinajstić information content (AvgIpc) is 2.95. The molecule has 2 amide bonds. The predicted molar refractivity (Wildman–Crippen MR) is 88.5 cm³/mol. The molecule has 1 fully saturated rings. The summed E-state index contributed by atoms with van der Waals surface area (Å²) in [6.45, 7) is 2.53. The van der Waals surface area contributed by atoms with E-state index >= 15 is 0 Å². The maximum Gasteiger partial charge on any atom is 0.321 e. The third-order valence-corrected chi connectivity index (χ3v) is 4.97. The van der Waals surface area contributed by atoms with E-state index in [0.717, 1.165) is 32.1 Å². The lowest BCUT2D eigenvalue weighted by atomic mass is 10.0. The average molecular weight is 316 g/mol. The fourth-order valence-electron chi connectivity index (χ4n) is 3.40. The van der Waals surface area contributed by atoms with Gasteiger partial charge in [-0.15, -0.1) is 0 Å². The molecule has 2 atom stereocenters. The Labute approximate surface area is 138 Å². The van der Waals surface area contributed by atoms with Gasteiger partial charge in [-0.3, -0.25) is 4.79 Å². The van der Waals surface area contributed by atoms with E-state index in [2.05, 4.69) is 12.1 Å². The number of quaternary nitrogens is 1. The highest BCUT2D eigenvalue weighted by Gasteiger charge is 2.45. The molecule has 1 aromatic carbocycles. The molecule has 2 rings (SSSR count). The van der Waals surface area contributed by atoms with Gasteiger partial charge in [0.15, 0.2) is 0 Å². The lowest BCUT2D eigenvalue weighted by Crippen LogP contribution is -2.53. The molecule has 124 valence electrons. The number of benzene rings is 1. The van der Waals surface area contributed by atoms with Gasteiger partial charge in [0.1, 0.15) is 11.8 Å². The zero-order valence-corrected chi connectivity index (χ0v) is 13.9. The highest BCUT2D eigenvalue weighted by molar-refractivity contribution is 5.84. The number of likely N-dealkylation sites (tertiary alicyclic amines) is 1. The Kier molecular flexibility index (Phi) is 6.22. The number of amides is 2. The normalized spacial score (nSPS) is 23.6. The summed E-state index contributed by atoms with van der Waals surface area (Å²) in [5.74, 6) is 0.0200. The number of hydrogen-bond donors (Lipinski definition) is 0. The third kappa shape index (κ3) is 4.35.